The van der Waals surface area contributed by atoms with Gasteiger partial charge in [-0.25, -0.2) is 0 Å². The number of carbonyl (C=O) groups excluding carboxylic acids is 2. The van der Waals surface area contributed by atoms with Gasteiger partial charge >= 0.3 is 0 Å². The molecule has 31 heavy (non-hydrogen) atoms. The second-order valence-electron chi connectivity index (χ2n) is 7.61. The summed E-state index contributed by atoms with van der Waals surface area (Å²) < 4.78 is 0. The molecule has 158 valence electrons. The third-order valence-electron chi connectivity index (χ3n) is 5.50. The molecule has 0 bridgehead atoms. The Bertz CT molecular complexity index is 1100. The molecule has 1 amide bonds. The minimum Gasteiger partial charge on any atom is -0.324 e. The van der Waals surface area contributed by atoms with Gasteiger partial charge in [-0.2, -0.15) is 0 Å². The second kappa shape index (κ2) is 9.65. The first-order valence-electron chi connectivity index (χ1n) is 10.2. The van der Waals surface area contributed by atoms with Crippen molar-refractivity contribution >= 4 is 40.6 Å². The van der Waals surface area contributed by atoms with Crippen molar-refractivity contribution in [2.75, 3.05) is 11.9 Å². The van der Waals surface area contributed by atoms with Crippen LogP contribution in [0.3, 0.4) is 0 Å². The number of nitrogens with one attached hydrogen (secondary N) is 1. The molecule has 1 fully saturated rings. The summed E-state index contributed by atoms with van der Waals surface area (Å²) in [4.78, 5) is 28.2. The topological polar surface area (TPSA) is 49.4 Å². The molecule has 1 saturated heterocycles. The molecule has 6 heteroatoms. The average Bonchev–Trinajstić information content (AvgIpc) is 3.25. The first-order valence-corrected chi connectivity index (χ1v) is 11.0. The average molecular weight is 453 g/mol. The molecule has 0 unspecified atom stereocenters. The molecule has 1 atom stereocenters. The monoisotopic (exact) mass is 452 g/mol. The number of anilines is 1. The van der Waals surface area contributed by atoms with Crippen LogP contribution < -0.4 is 5.32 Å². The van der Waals surface area contributed by atoms with Gasteiger partial charge in [-0.05, 0) is 49.2 Å². The van der Waals surface area contributed by atoms with Crippen molar-refractivity contribution in [1.29, 1.82) is 0 Å². The first-order chi connectivity index (χ1) is 15.0. The van der Waals surface area contributed by atoms with Crippen molar-refractivity contribution in [3.05, 3.63) is 99.5 Å². The summed E-state index contributed by atoms with van der Waals surface area (Å²) in [6.45, 7) is 1.43. The van der Waals surface area contributed by atoms with Crippen LogP contribution in [0.5, 0.6) is 0 Å². The maximum atomic E-state index is 13.1. The number of hydrogen-bond acceptors (Lipinski definition) is 3. The molecule has 3 aromatic carbocycles. The van der Waals surface area contributed by atoms with E-state index in [9.17, 15) is 9.59 Å². The lowest BCUT2D eigenvalue weighted by Gasteiger charge is -2.24. The molecule has 4 nitrogen and oxygen atoms in total. The van der Waals surface area contributed by atoms with Crippen molar-refractivity contribution in [3.8, 4) is 0 Å². The number of likely N-dealkylation sites (tertiary alicyclic amines) is 1. The zero-order valence-electron chi connectivity index (χ0n) is 16.9. The lowest BCUT2D eigenvalue weighted by Crippen LogP contribution is -2.39. The number of nitrogens with zero attached hydrogens (tertiary/aromatic N) is 1. The molecule has 0 aromatic heterocycles. The summed E-state index contributed by atoms with van der Waals surface area (Å²) in [6.07, 6.45) is 1.70. The van der Waals surface area contributed by atoms with Crippen molar-refractivity contribution in [2.24, 2.45) is 0 Å². The normalized spacial score (nSPS) is 16.3. The van der Waals surface area contributed by atoms with Crippen LogP contribution in [0, 0.1) is 0 Å². The number of hydrogen-bond donors (Lipinski definition) is 1. The van der Waals surface area contributed by atoms with Crippen LogP contribution in [0.4, 0.5) is 5.69 Å². The van der Waals surface area contributed by atoms with Crippen LogP contribution in [-0.2, 0) is 11.3 Å². The standard InChI is InChI=1S/C25H22Cl2N2O2/c26-20-13-12-17(15-21(20)27)16-29-14-6-11-23(29)25(31)28-22-10-5-4-9-19(22)24(30)18-7-2-1-3-8-18/h1-5,7-10,12-13,15,23H,6,11,14,16H2,(H,28,31)/t23-/m0/s1. The van der Waals surface area contributed by atoms with Gasteiger partial charge in [0.15, 0.2) is 5.78 Å². The Labute approximate surface area is 191 Å². The van der Waals surface area contributed by atoms with Gasteiger partial charge in [0.05, 0.1) is 21.8 Å². The van der Waals surface area contributed by atoms with E-state index in [1.54, 1.807) is 36.4 Å². The third-order valence-corrected chi connectivity index (χ3v) is 6.24. The quantitative estimate of drug-likeness (QED) is 0.478. The van der Waals surface area contributed by atoms with Crippen LogP contribution >= 0.6 is 23.2 Å². The summed E-state index contributed by atoms with van der Waals surface area (Å²) in [6, 6.07) is 21.5. The zero-order chi connectivity index (χ0) is 21.8. The van der Waals surface area contributed by atoms with E-state index in [1.807, 2.05) is 36.4 Å². The predicted octanol–water partition coefficient (Wildman–Crippen LogP) is 5.83. The first kappa shape index (κ1) is 21.6. The van der Waals surface area contributed by atoms with E-state index in [0.717, 1.165) is 24.9 Å². The summed E-state index contributed by atoms with van der Waals surface area (Å²) >= 11 is 12.2. The van der Waals surface area contributed by atoms with Gasteiger partial charge in [-0.3, -0.25) is 14.5 Å². The fraction of sp³-hybridized carbons (Fsp3) is 0.200. The third kappa shape index (κ3) is 4.99. The molecule has 0 saturated carbocycles. The highest BCUT2D eigenvalue weighted by Gasteiger charge is 2.31. The maximum Gasteiger partial charge on any atom is 0.241 e. The number of halogens is 2. The fourth-order valence-electron chi connectivity index (χ4n) is 3.94. The molecule has 1 heterocycles. The lowest BCUT2D eigenvalue weighted by molar-refractivity contribution is -0.120. The molecule has 1 aliphatic heterocycles. The smallest absolute Gasteiger partial charge is 0.241 e. The number of benzene rings is 3. The Balaban J connectivity index is 1.50. The number of para-hydroxylation sites is 1. The molecule has 0 radical (unpaired) electrons. The minimum atomic E-state index is -0.269. The van der Waals surface area contributed by atoms with Crippen LogP contribution in [0.1, 0.15) is 34.3 Å². The van der Waals surface area contributed by atoms with Crippen molar-refractivity contribution in [3.63, 3.8) is 0 Å². The van der Waals surface area contributed by atoms with E-state index in [4.69, 9.17) is 23.2 Å². The van der Waals surface area contributed by atoms with E-state index >= 15 is 0 Å². The highest BCUT2D eigenvalue weighted by Crippen LogP contribution is 2.27. The van der Waals surface area contributed by atoms with E-state index < -0.39 is 0 Å². The van der Waals surface area contributed by atoms with Crippen LogP contribution in [0.25, 0.3) is 0 Å². The van der Waals surface area contributed by atoms with Gasteiger partial charge < -0.3 is 5.32 Å². The zero-order valence-corrected chi connectivity index (χ0v) is 18.4. The Morgan fingerprint density at radius 3 is 2.45 bits per heavy atom. The Morgan fingerprint density at radius 1 is 0.935 bits per heavy atom. The van der Waals surface area contributed by atoms with Gasteiger partial charge in [0.1, 0.15) is 0 Å². The maximum absolute atomic E-state index is 13.1. The highest BCUT2D eigenvalue weighted by atomic mass is 35.5. The SMILES string of the molecule is O=C(c1ccccc1)c1ccccc1NC(=O)[C@@H]1CCCN1Cc1ccc(Cl)c(Cl)c1. The lowest BCUT2D eigenvalue weighted by atomic mass is 10.0. The van der Waals surface area contributed by atoms with E-state index in [-0.39, 0.29) is 17.7 Å². The molecular weight excluding hydrogens is 431 g/mol. The molecular formula is C25H22Cl2N2O2. The van der Waals surface area contributed by atoms with Crippen molar-refractivity contribution in [2.45, 2.75) is 25.4 Å². The predicted molar refractivity (Wildman–Crippen MR) is 125 cm³/mol. The summed E-state index contributed by atoms with van der Waals surface area (Å²) in [7, 11) is 0. The second-order valence-corrected chi connectivity index (χ2v) is 8.42. The van der Waals surface area contributed by atoms with E-state index in [1.165, 1.54) is 0 Å². The van der Waals surface area contributed by atoms with E-state index in [2.05, 4.69) is 10.2 Å². The summed E-state index contributed by atoms with van der Waals surface area (Å²) in [5, 5.41) is 4.01. The fourth-order valence-corrected chi connectivity index (χ4v) is 4.26. The Kier molecular flexibility index (Phi) is 6.71. The largest absolute Gasteiger partial charge is 0.324 e. The summed E-state index contributed by atoms with van der Waals surface area (Å²) in [5.74, 6) is -0.221. The van der Waals surface area contributed by atoms with Gasteiger partial charge in [0.25, 0.3) is 0 Å². The number of ketones is 1. The number of amides is 1. The number of carbonyl (C=O) groups is 2. The van der Waals surface area contributed by atoms with Crippen molar-refractivity contribution < 1.29 is 9.59 Å². The van der Waals surface area contributed by atoms with Crippen molar-refractivity contribution in [1.82, 2.24) is 4.90 Å². The highest BCUT2D eigenvalue weighted by molar-refractivity contribution is 6.42. The van der Waals surface area contributed by atoms with Crippen LogP contribution in [0.2, 0.25) is 10.0 Å². The molecule has 4 rings (SSSR count). The number of rotatable bonds is 6. The van der Waals surface area contributed by atoms with Gasteiger partial charge in [0.2, 0.25) is 5.91 Å². The molecule has 0 aliphatic carbocycles. The van der Waals surface area contributed by atoms with Gasteiger partial charge in [-0.1, -0.05) is 71.7 Å². The Morgan fingerprint density at radius 2 is 1.68 bits per heavy atom. The van der Waals surface area contributed by atoms with Crippen LogP contribution in [-0.4, -0.2) is 29.2 Å². The molecule has 1 aliphatic rings. The molecule has 3 aromatic rings. The van der Waals surface area contributed by atoms with Crippen LogP contribution in [0.15, 0.2) is 72.8 Å². The Hall–Kier alpha value is -2.66. The molecule has 0 spiro atoms. The van der Waals surface area contributed by atoms with E-state index in [0.29, 0.717) is 33.4 Å². The minimum absolute atomic E-state index is 0.106. The summed E-state index contributed by atoms with van der Waals surface area (Å²) in [5.41, 5.74) is 2.61. The van der Waals surface area contributed by atoms with Gasteiger partial charge in [0, 0.05) is 17.7 Å². The molecule has 1 N–H and O–H groups in total. The van der Waals surface area contributed by atoms with Gasteiger partial charge in [-0.15, -0.1) is 0 Å².